The normalized spacial score (nSPS) is 12.2. The molecule has 0 saturated heterocycles. The van der Waals surface area contributed by atoms with Gasteiger partial charge < -0.3 is 14.3 Å². The molecule has 4 aromatic rings. The summed E-state index contributed by atoms with van der Waals surface area (Å²) in [5.41, 5.74) is 2.01. The van der Waals surface area contributed by atoms with Crippen LogP contribution in [0.25, 0.3) is 23.0 Å². The van der Waals surface area contributed by atoms with Crippen molar-refractivity contribution < 1.29 is 13.7 Å². The predicted octanol–water partition coefficient (Wildman–Crippen LogP) is 4.59. The van der Waals surface area contributed by atoms with Gasteiger partial charge in [0.2, 0.25) is 11.8 Å². The monoisotopic (exact) mass is 488 g/mol. The third-order valence-corrected chi connectivity index (χ3v) is 5.77. The average molecular weight is 489 g/mol. The molecule has 0 fully saturated rings. The molecule has 0 saturated carbocycles. The van der Waals surface area contributed by atoms with Crippen molar-refractivity contribution in [2.75, 3.05) is 6.54 Å². The molecule has 4 rings (SSSR count). The molecule has 1 N–H and O–H groups in total. The van der Waals surface area contributed by atoms with E-state index in [2.05, 4.69) is 25.5 Å². The van der Waals surface area contributed by atoms with Crippen LogP contribution in [0.2, 0.25) is 10.0 Å². The molecule has 0 radical (unpaired) electrons. The van der Waals surface area contributed by atoms with Crippen LogP contribution in [-0.2, 0) is 18.3 Å². The molecule has 0 aliphatic rings. The minimum atomic E-state index is -0.150. The molecule has 0 aliphatic carbocycles. The van der Waals surface area contributed by atoms with Crippen LogP contribution in [0.5, 0.6) is 0 Å². The van der Waals surface area contributed by atoms with Gasteiger partial charge in [0.05, 0.1) is 15.7 Å². The van der Waals surface area contributed by atoms with Crippen molar-refractivity contribution in [3.63, 3.8) is 0 Å². The first-order chi connectivity index (χ1) is 15.8. The highest BCUT2D eigenvalue weighted by molar-refractivity contribution is 6.42. The molecular formula is C22H22Cl2N6O3. The van der Waals surface area contributed by atoms with E-state index in [4.69, 9.17) is 32.1 Å². The van der Waals surface area contributed by atoms with Crippen molar-refractivity contribution in [3.8, 4) is 23.0 Å². The van der Waals surface area contributed by atoms with Crippen molar-refractivity contribution >= 4 is 29.1 Å². The summed E-state index contributed by atoms with van der Waals surface area (Å²) in [6.45, 7) is 4.05. The highest BCUT2D eigenvalue weighted by Gasteiger charge is 2.21. The number of hydrogen-bond acceptors (Lipinski definition) is 7. The molecule has 1 unspecified atom stereocenters. The fourth-order valence-corrected chi connectivity index (χ4v) is 3.46. The summed E-state index contributed by atoms with van der Waals surface area (Å²) in [7, 11) is 1.85. The SMILES string of the molecule is Cc1oc(-c2ccc(Cl)c(Cl)c2)nc1-c1nc(C(C)CNC(=O)CCc2ccn(C)n2)no1. The van der Waals surface area contributed by atoms with E-state index >= 15 is 0 Å². The Morgan fingerprint density at radius 3 is 2.73 bits per heavy atom. The van der Waals surface area contributed by atoms with E-state index in [-0.39, 0.29) is 17.7 Å². The van der Waals surface area contributed by atoms with Gasteiger partial charge in [-0.1, -0.05) is 35.3 Å². The van der Waals surface area contributed by atoms with Gasteiger partial charge in [-0.3, -0.25) is 9.48 Å². The van der Waals surface area contributed by atoms with E-state index in [0.29, 0.717) is 58.2 Å². The first kappa shape index (κ1) is 23.0. The largest absolute Gasteiger partial charge is 0.441 e. The topological polar surface area (TPSA) is 112 Å². The summed E-state index contributed by atoms with van der Waals surface area (Å²) < 4.78 is 12.9. The molecule has 3 aromatic heterocycles. The molecule has 1 amide bonds. The van der Waals surface area contributed by atoms with E-state index < -0.39 is 0 Å². The fraction of sp³-hybridized carbons (Fsp3) is 0.318. The zero-order valence-electron chi connectivity index (χ0n) is 18.3. The van der Waals surface area contributed by atoms with Crippen molar-refractivity contribution in [1.29, 1.82) is 0 Å². The molecule has 0 aliphatic heterocycles. The molecule has 33 heavy (non-hydrogen) atoms. The van der Waals surface area contributed by atoms with Gasteiger partial charge in [0.1, 0.15) is 5.76 Å². The second-order valence-corrected chi connectivity index (χ2v) is 8.51. The highest BCUT2D eigenvalue weighted by Crippen LogP contribution is 2.31. The molecular weight excluding hydrogens is 467 g/mol. The van der Waals surface area contributed by atoms with E-state index in [0.717, 1.165) is 5.69 Å². The number of benzene rings is 1. The minimum Gasteiger partial charge on any atom is -0.441 e. The lowest BCUT2D eigenvalue weighted by molar-refractivity contribution is -0.121. The zero-order valence-corrected chi connectivity index (χ0v) is 19.8. The van der Waals surface area contributed by atoms with Gasteiger partial charge in [0.15, 0.2) is 11.5 Å². The first-order valence-corrected chi connectivity index (χ1v) is 11.1. The van der Waals surface area contributed by atoms with Gasteiger partial charge in [-0.2, -0.15) is 10.1 Å². The van der Waals surface area contributed by atoms with Crippen LogP contribution in [0, 0.1) is 6.92 Å². The third kappa shape index (κ3) is 5.43. The number of rotatable bonds is 8. The van der Waals surface area contributed by atoms with Crippen LogP contribution in [0.1, 0.15) is 36.5 Å². The average Bonchev–Trinajstić information content (AvgIpc) is 3.52. The van der Waals surface area contributed by atoms with Gasteiger partial charge >= 0.3 is 0 Å². The lowest BCUT2D eigenvalue weighted by Crippen LogP contribution is -2.28. The molecule has 0 bridgehead atoms. The van der Waals surface area contributed by atoms with Gasteiger partial charge in [-0.05, 0) is 31.2 Å². The van der Waals surface area contributed by atoms with E-state index in [1.165, 1.54) is 0 Å². The molecule has 0 spiro atoms. The van der Waals surface area contributed by atoms with Crippen LogP contribution in [0.4, 0.5) is 0 Å². The smallest absolute Gasteiger partial charge is 0.280 e. The van der Waals surface area contributed by atoms with Crippen molar-refractivity contribution in [1.82, 2.24) is 30.2 Å². The maximum Gasteiger partial charge on any atom is 0.280 e. The van der Waals surface area contributed by atoms with Gasteiger partial charge in [0.25, 0.3) is 5.89 Å². The summed E-state index contributed by atoms with van der Waals surface area (Å²) in [6, 6.07) is 7.02. The Kier molecular flexibility index (Phi) is 6.80. The highest BCUT2D eigenvalue weighted by atomic mass is 35.5. The minimum absolute atomic E-state index is 0.0603. The molecule has 11 heteroatoms. The second-order valence-electron chi connectivity index (χ2n) is 7.70. The van der Waals surface area contributed by atoms with Crippen molar-refractivity contribution in [3.05, 3.63) is 57.8 Å². The molecule has 3 heterocycles. The van der Waals surface area contributed by atoms with Crippen LogP contribution in [-0.4, -0.2) is 37.4 Å². The number of oxazole rings is 1. The second kappa shape index (κ2) is 9.76. The third-order valence-electron chi connectivity index (χ3n) is 5.03. The lowest BCUT2D eigenvalue weighted by atomic mass is 10.1. The number of aromatic nitrogens is 5. The van der Waals surface area contributed by atoms with E-state index in [1.54, 1.807) is 29.8 Å². The maximum atomic E-state index is 12.2. The Morgan fingerprint density at radius 2 is 2.00 bits per heavy atom. The van der Waals surface area contributed by atoms with E-state index in [1.807, 2.05) is 26.2 Å². The number of hydrogen-bond donors (Lipinski definition) is 1. The van der Waals surface area contributed by atoms with Crippen LogP contribution in [0.3, 0.4) is 0 Å². The lowest BCUT2D eigenvalue weighted by Gasteiger charge is -2.08. The maximum absolute atomic E-state index is 12.2. The van der Waals surface area contributed by atoms with Crippen molar-refractivity contribution in [2.45, 2.75) is 32.6 Å². The van der Waals surface area contributed by atoms with Crippen LogP contribution in [0.15, 0.2) is 39.4 Å². The quantitative estimate of drug-likeness (QED) is 0.385. The first-order valence-electron chi connectivity index (χ1n) is 10.3. The molecule has 1 atom stereocenters. The van der Waals surface area contributed by atoms with Gasteiger partial charge in [-0.25, -0.2) is 4.98 Å². The summed E-state index contributed by atoms with van der Waals surface area (Å²) >= 11 is 12.1. The Labute approximate surface area is 200 Å². The number of halogens is 2. The molecule has 172 valence electrons. The van der Waals surface area contributed by atoms with Gasteiger partial charge in [-0.15, -0.1) is 0 Å². The number of nitrogens with zero attached hydrogens (tertiary/aromatic N) is 5. The molecule has 9 nitrogen and oxygen atoms in total. The van der Waals surface area contributed by atoms with Crippen LogP contribution < -0.4 is 5.32 Å². The van der Waals surface area contributed by atoms with Gasteiger partial charge in [0, 0.05) is 44.1 Å². The van der Waals surface area contributed by atoms with Crippen LogP contribution >= 0.6 is 23.2 Å². The summed E-state index contributed by atoms with van der Waals surface area (Å²) in [6.07, 6.45) is 2.80. The predicted molar refractivity (Wildman–Crippen MR) is 123 cm³/mol. The number of carbonyl (C=O) groups excluding carboxylic acids is 1. The number of nitrogens with one attached hydrogen (secondary N) is 1. The zero-order chi connectivity index (χ0) is 23.5. The Hall–Kier alpha value is -3.17. The number of aryl methyl sites for hydroxylation is 3. The summed E-state index contributed by atoms with van der Waals surface area (Å²) in [5.74, 6) is 1.40. The van der Waals surface area contributed by atoms with E-state index in [9.17, 15) is 4.79 Å². The summed E-state index contributed by atoms with van der Waals surface area (Å²) in [5, 5.41) is 12.1. The number of carbonyl (C=O) groups is 1. The summed E-state index contributed by atoms with van der Waals surface area (Å²) in [4.78, 5) is 21.1. The Bertz CT molecular complexity index is 1280. The Balaban J connectivity index is 1.37. The Morgan fingerprint density at radius 1 is 1.18 bits per heavy atom. The fourth-order valence-electron chi connectivity index (χ4n) is 3.16. The standard InChI is InChI=1S/C22H22Cl2N6O3/c1-12(11-25-18(31)7-5-15-8-9-30(3)28-15)20-27-22(33-29-20)19-13(2)32-21(26-19)14-4-6-16(23)17(24)10-14/h4,6,8-10,12H,5,7,11H2,1-3H3,(H,25,31). The molecule has 1 aromatic carbocycles. The van der Waals surface area contributed by atoms with Crippen molar-refractivity contribution in [2.24, 2.45) is 7.05 Å². The number of amides is 1.